The molecular weight excluding hydrogens is 132 g/mol. The van der Waals surface area contributed by atoms with E-state index in [1.54, 1.807) is 0 Å². The topological polar surface area (TPSA) is 0 Å². The largest absolute Gasteiger partial charge is 0.118 e. The molecule has 1 heteroatoms. The Kier molecular flexibility index (Phi) is 4.88. The summed E-state index contributed by atoms with van der Waals surface area (Å²) in [4.78, 5) is 0. The molecular formula is C8H15Cl. The summed E-state index contributed by atoms with van der Waals surface area (Å²) in [5.41, 5.74) is 1.31. The Morgan fingerprint density at radius 2 is 2.11 bits per heavy atom. The maximum atomic E-state index is 5.93. The van der Waals surface area contributed by atoms with E-state index in [1.165, 1.54) is 5.57 Å². The number of alkyl halides is 1. The first-order chi connectivity index (χ1) is 4.22. The fourth-order valence-electron chi connectivity index (χ4n) is 0.772. The molecule has 0 amide bonds. The third kappa shape index (κ3) is 3.58. The van der Waals surface area contributed by atoms with Crippen LogP contribution in [-0.2, 0) is 0 Å². The van der Waals surface area contributed by atoms with Crippen LogP contribution < -0.4 is 0 Å². The lowest BCUT2D eigenvalue weighted by Gasteiger charge is -2.04. The van der Waals surface area contributed by atoms with Crippen molar-refractivity contribution in [3.63, 3.8) is 0 Å². The quantitative estimate of drug-likeness (QED) is 0.423. The molecule has 0 saturated carbocycles. The second-order valence-electron chi connectivity index (χ2n) is 2.23. The van der Waals surface area contributed by atoms with Crippen LogP contribution in [0.15, 0.2) is 11.6 Å². The van der Waals surface area contributed by atoms with Gasteiger partial charge in [-0.3, -0.25) is 0 Å². The van der Waals surface area contributed by atoms with Crippen LogP contribution in [0.5, 0.6) is 0 Å². The zero-order chi connectivity index (χ0) is 7.28. The minimum absolute atomic E-state index is 0.255. The summed E-state index contributed by atoms with van der Waals surface area (Å²) in [6.07, 6.45) is 4.31. The van der Waals surface area contributed by atoms with Crippen LogP contribution >= 0.6 is 11.6 Å². The van der Waals surface area contributed by atoms with Crippen LogP contribution in [0, 0.1) is 0 Å². The van der Waals surface area contributed by atoms with E-state index in [2.05, 4.69) is 26.8 Å². The van der Waals surface area contributed by atoms with Gasteiger partial charge in [0.05, 0.1) is 5.38 Å². The van der Waals surface area contributed by atoms with Gasteiger partial charge in [-0.15, -0.1) is 11.6 Å². The summed E-state index contributed by atoms with van der Waals surface area (Å²) in [6.45, 7) is 6.32. The van der Waals surface area contributed by atoms with E-state index >= 15 is 0 Å². The van der Waals surface area contributed by atoms with Crippen LogP contribution in [0.2, 0.25) is 0 Å². The van der Waals surface area contributed by atoms with Crippen molar-refractivity contribution in [1.82, 2.24) is 0 Å². The number of halogens is 1. The molecule has 0 aromatic carbocycles. The van der Waals surface area contributed by atoms with E-state index in [1.807, 2.05) is 0 Å². The minimum Gasteiger partial charge on any atom is -0.118 e. The monoisotopic (exact) mass is 146 g/mol. The van der Waals surface area contributed by atoms with Crippen molar-refractivity contribution in [2.75, 3.05) is 0 Å². The SMILES string of the molecule is CC/C=C(/C)C(Cl)CC. The van der Waals surface area contributed by atoms with Gasteiger partial charge in [-0.1, -0.05) is 25.5 Å². The fraction of sp³-hybridized carbons (Fsp3) is 0.750. The molecule has 9 heavy (non-hydrogen) atoms. The van der Waals surface area contributed by atoms with Crippen LogP contribution in [0.1, 0.15) is 33.6 Å². The lowest BCUT2D eigenvalue weighted by molar-refractivity contribution is 0.904. The maximum absolute atomic E-state index is 5.93. The van der Waals surface area contributed by atoms with Crippen LogP contribution in [0.3, 0.4) is 0 Å². The molecule has 0 N–H and O–H groups in total. The minimum atomic E-state index is 0.255. The predicted octanol–water partition coefficient (Wildman–Crippen LogP) is 3.36. The Labute approximate surface area is 62.9 Å². The summed E-state index contributed by atoms with van der Waals surface area (Å²) in [5.74, 6) is 0. The van der Waals surface area contributed by atoms with Gasteiger partial charge in [0.1, 0.15) is 0 Å². The molecule has 0 saturated heterocycles. The van der Waals surface area contributed by atoms with E-state index in [9.17, 15) is 0 Å². The summed E-state index contributed by atoms with van der Waals surface area (Å²) < 4.78 is 0. The third-order valence-corrected chi connectivity index (χ3v) is 2.03. The first-order valence-electron chi connectivity index (χ1n) is 3.53. The molecule has 1 unspecified atom stereocenters. The molecule has 54 valence electrons. The van der Waals surface area contributed by atoms with Gasteiger partial charge in [0.15, 0.2) is 0 Å². The van der Waals surface area contributed by atoms with Gasteiger partial charge < -0.3 is 0 Å². The second-order valence-corrected chi connectivity index (χ2v) is 2.76. The highest BCUT2D eigenvalue weighted by molar-refractivity contribution is 6.22. The third-order valence-electron chi connectivity index (χ3n) is 1.38. The number of hydrogen-bond donors (Lipinski definition) is 0. The van der Waals surface area contributed by atoms with Crippen LogP contribution in [-0.4, -0.2) is 5.38 Å². The molecule has 0 radical (unpaired) electrons. The molecule has 0 nitrogen and oxygen atoms in total. The summed E-state index contributed by atoms with van der Waals surface area (Å²) in [6, 6.07) is 0. The van der Waals surface area contributed by atoms with Crippen LogP contribution in [0.4, 0.5) is 0 Å². The van der Waals surface area contributed by atoms with Crippen molar-refractivity contribution in [1.29, 1.82) is 0 Å². The van der Waals surface area contributed by atoms with Gasteiger partial charge in [-0.25, -0.2) is 0 Å². The highest BCUT2D eigenvalue weighted by Gasteiger charge is 2.00. The molecule has 0 fully saturated rings. The van der Waals surface area contributed by atoms with Crippen molar-refractivity contribution in [2.24, 2.45) is 0 Å². The highest BCUT2D eigenvalue weighted by Crippen LogP contribution is 2.12. The summed E-state index contributed by atoms with van der Waals surface area (Å²) >= 11 is 5.93. The van der Waals surface area contributed by atoms with Crippen molar-refractivity contribution in [2.45, 2.75) is 39.0 Å². The van der Waals surface area contributed by atoms with Gasteiger partial charge in [0.25, 0.3) is 0 Å². The number of rotatable bonds is 3. The van der Waals surface area contributed by atoms with Crippen molar-refractivity contribution < 1.29 is 0 Å². The zero-order valence-electron chi connectivity index (χ0n) is 6.45. The molecule has 0 heterocycles. The van der Waals surface area contributed by atoms with E-state index in [0.717, 1.165) is 12.8 Å². The van der Waals surface area contributed by atoms with E-state index in [0.29, 0.717) is 0 Å². The predicted molar refractivity (Wildman–Crippen MR) is 44.0 cm³/mol. The Morgan fingerprint density at radius 1 is 1.56 bits per heavy atom. The van der Waals surface area contributed by atoms with E-state index < -0.39 is 0 Å². The second kappa shape index (κ2) is 4.87. The van der Waals surface area contributed by atoms with Crippen LogP contribution in [0.25, 0.3) is 0 Å². The average molecular weight is 147 g/mol. The molecule has 0 spiro atoms. The van der Waals surface area contributed by atoms with Crippen molar-refractivity contribution in [3.05, 3.63) is 11.6 Å². The van der Waals surface area contributed by atoms with Gasteiger partial charge in [0.2, 0.25) is 0 Å². The summed E-state index contributed by atoms with van der Waals surface area (Å²) in [5, 5.41) is 0.255. The lowest BCUT2D eigenvalue weighted by Crippen LogP contribution is -1.96. The van der Waals surface area contributed by atoms with Gasteiger partial charge in [0, 0.05) is 0 Å². The molecule has 0 bridgehead atoms. The van der Waals surface area contributed by atoms with Gasteiger partial charge >= 0.3 is 0 Å². The van der Waals surface area contributed by atoms with E-state index in [-0.39, 0.29) is 5.38 Å². The fourth-order valence-corrected chi connectivity index (χ4v) is 0.861. The Morgan fingerprint density at radius 3 is 2.44 bits per heavy atom. The molecule has 0 aliphatic heterocycles. The molecule has 0 rings (SSSR count). The van der Waals surface area contributed by atoms with Crippen molar-refractivity contribution in [3.8, 4) is 0 Å². The smallest absolute Gasteiger partial charge is 0.0539 e. The average Bonchev–Trinajstić information content (AvgIpc) is 1.87. The first-order valence-corrected chi connectivity index (χ1v) is 3.96. The highest BCUT2D eigenvalue weighted by atomic mass is 35.5. The Balaban J connectivity index is 3.70. The Hall–Kier alpha value is 0.0300. The Bertz CT molecular complexity index is 94.7. The molecule has 0 aromatic heterocycles. The van der Waals surface area contributed by atoms with Gasteiger partial charge in [-0.05, 0) is 19.8 Å². The number of hydrogen-bond acceptors (Lipinski definition) is 0. The standard InChI is InChI=1S/C8H15Cl/c1-4-6-7(3)8(9)5-2/h6,8H,4-5H2,1-3H3/b7-6-. The van der Waals surface area contributed by atoms with E-state index in [4.69, 9.17) is 11.6 Å². The first kappa shape index (κ1) is 9.03. The number of allylic oxidation sites excluding steroid dienone is 2. The molecule has 1 atom stereocenters. The molecule has 0 aliphatic rings. The normalized spacial score (nSPS) is 15.8. The summed E-state index contributed by atoms with van der Waals surface area (Å²) in [7, 11) is 0. The molecule has 0 aliphatic carbocycles. The van der Waals surface area contributed by atoms with Gasteiger partial charge in [-0.2, -0.15) is 0 Å². The maximum Gasteiger partial charge on any atom is 0.0539 e. The molecule has 0 aromatic rings. The lowest BCUT2D eigenvalue weighted by atomic mass is 10.1. The zero-order valence-corrected chi connectivity index (χ0v) is 7.20. The van der Waals surface area contributed by atoms with Crippen molar-refractivity contribution >= 4 is 11.6 Å².